The highest BCUT2D eigenvalue weighted by molar-refractivity contribution is 7.15. The molecule has 2 saturated heterocycles. The Morgan fingerprint density at radius 2 is 2.03 bits per heavy atom. The lowest BCUT2D eigenvalue weighted by Crippen LogP contribution is -2.51. The maximum absolute atomic E-state index is 13.4. The number of methoxy groups -OCH3 is 1. The lowest BCUT2D eigenvalue weighted by Gasteiger charge is -2.38. The number of fused-ring (bicyclic) bond motifs is 2. The molecule has 2 aliphatic heterocycles. The number of esters is 1. The molecule has 3 aliphatic rings. The van der Waals surface area contributed by atoms with Gasteiger partial charge in [-0.3, -0.25) is 4.79 Å². The number of likely N-dealkylation sites (tertiary alicyclic amines) is 1. The Hall–Kier alpha value is -2.08. The van der Waals surface area contributed by atoms with Crippen LogP contribution in [0.1, 0.15) is 74.3 Å². The highest BCUT2D eigenvalue weighted by Crippen LogP contribution is 2.38. The largest absolute Gasteiger partial charge is 0.465 e. The van der Waals surface area contributed by atoms with E-state index in [0.717, 1.165) is 32.1 Å². The third-order valence-corrected chi connectivity index (χ3v) is 8.30. The average Bonchev–Trinajstić information content (AvgIpc) is 3.56. The number of hydrogen-bond donors (Lipinski definition) is 1. The van der Waals surface area contributed by atoms with Gasteiger partial charge in [-0.05, 0) is 52.0 Å². The second-order valence-electron chi connectivity index (χ2n) is 11.3. The quantitative estimate of drug-likeness (QED) is 0.361. The van der Waals surface area contributed by atoms with Crippen molar-refractivity contribution in [1.29, 1.82) is 0 Å². The summed E-state index contributed by atoms with van der Waals surface area (Å²) in [6.07, 6.45) is 3.98. The molecule has 0 spiro atoms. The van der Waals surface area contributed by atoms with Gasteiger partial charge in [-0.25, -0.2) is 4.79 Å². The molecule has 1 aromatic rings. The number of nitrogens with zero attached hydrogens (tertiary/aromatic N) is 2. The van der Waals surface area contributed by atoms with Crippen molar-refractivity contribution < 1.29 is 24.2 Å². The van der Waals surface area contributed by atoms with Crippen LogP contribution in [0.4, 0.5) is 5.69 Å². The first-order chi connectivity index (χ1) is 16.6. The van der Waals surface area contributed by atoms with Crippen molar-refractivity contribution in [2.45, 2.75) is 78.2 Å². The molecule has 3 unspecified atom stereocenters. The van der Waals surface area contributed by atoms with Crippen LogP contribution in [0.2, 0.25) is 0 Å². The first-order valence-electron chi connectivity index (χ1n) is 12.7. The Balaban J connectivity index is 1.67. The first-order valence-corrected chi connectivity index (χ1v) is 13.5. The van der Waals surface area contributed by atoms with Crippen molar-refractivity contribution in [1.82, 2.24) is 4.90 Å². The molecule has 35 heavy (non-hydrogen) atoms. The Bertz CT molecular complexity index is 995. The SMILES string of the molecule is COC(=O)c1sc(C#CC(C)(C)C)cc1N(CC(=O)N1CC2CC1CO2)C(O)C1CCC(C)CC1. The minimum Gasteiger partial charge on any atom is -0.465 e. The molecule has 3 heterocycles. The van der Waals surface area contributed by atoms with Crippen LogP contribution in [-0.2, 0) is 14.3 Å². The van der Waals surface area contributed by atoms with Crippen LogP contribution in [0.5, 0.6) is 0 Å². The van der Waals surface area contributed by atoms with Crippen LogP contribution in [0, 0.1) is 29.1 Å². The van der Waals surface area contributed by atoms with Crippen LogP contribution in [0.15, 0.2) is 6.07 Å². The predicted octanol–water partition coefficient (Wildman–Crippen LogP) is 3.88. The fourth-order valence-corrected chi connectivity index (χ4v) is 6.19. The Kier molecular flexibility index (Phi) is 7.80. The molecule has 1 N–H and O–H groups in total. The maximum atomic E-state index is 13.4. The van der Waals surface area contributed by atoms with Gasteiger partial charge in [0, 0.05) is 17.9 Å². The molecule has 4 rings (SSSR count). The van der Waals surface area contributed by atoms with Gasteiger partial charge in [0.1, 0.15) is 11.1 Å². The van der Waals surface area contributed by atoms with Crippen molar-refractivity contribution in [2.75, 3.05) is 31.7 Å². The molecule has 192 valence electrons. The zero-order chi connectivity index (χ0) is 25.3. The zero-order valence-electron chi connectivity index (χ0n) is 21.5. The van der Waals surface area contributed by atoms with Gasteiger partial charge in [-0.2, -0.15) is 0 Å². The van der Waals surface area contributed by atoms with Crippen molar-refractivity contribution in [3.63, 3.8) is 0 Å². The molecule has 2 bridgehead atoms. The summed E-state index contributed by atoms with van der Waals surface area (Å²) >= 11 is 1.25. The molecule has 3 atom stereocenters. The Labute approximate surface area is 212 Å². The van der Waals surface area contributed by atoms with E-state index >= 15 is 0 Å². The Morgan fingerprint density at radius 3 is 2.60 bits per heavy atom. The fourth-order valence-electron chi connectivity index (χ4n) is 5.25. The number of aliphatic hydroxyl groups is 1. The van der Waals surface area contributed by atoms with Crippen LogP contribution < -0.4 is 4.90 Å². The third kappa shape index (κ3) is 6.02. The summed E-state index contributed by atoms with van der Waals surface area (Å²) in [4.78, 5) is 30.9. The van der Waals surface area contributed by atoms with E-state index in [1.165, 1.54) is 18.4 Å². The normalized spacial score (nSPS) is 26.7. The Morgan fingerprint density at radius 1 is 1.31 bits per heavy atom. The number of carbonyl (C=O) groups is 2. The van der Waals surface area contributed by atoms with Crippen molar-refractivity contribution in [2.24, 2.45) is 17.3 Å². The predicted molar refractivity (Wildman–Crippen MR) is 136 cm³/mol. The minimum atomic E-state index is -0.871. The summed E-state index contributed by atoms with van der Waals surface area (Å²) in [7, 11) is 1.35. The van der Waals surface area contributed by atoms with Gasteiger partial charge in [0.25, 0.3) is 0 Å². The molecule has 7 nitrogen and oxygen atoms in total. The van der Waals surface area contributed by atoms with Gasteiger partial charge in [0.05, 0.1) is 43.0 Å². The molecule has 0 radical (unpaired) electrons. The number of ether oxygens (including phenoxy) is 2. The third-order valence-electron chi connectivity index (χ3n) is 7.28. The highest BCUT2D eigenvalue weighted by Gasteiger charge is 2.43. The smallest absolute Gasteiger partial charge is 0.350 e. The summed E-state index contributed by atoms with van der Waals surface area (Å²) in [5.41, 5.74) is 0.334. The van der Waals surface area contributed by atoms with E-state index in [1.807, 2.05) is 31.7 Å². The number of aliphatic hydroxyl groups excluding tert-OH is 1. The summed E-state index contributed by atoms with van der Waals surface area (Å²) in [6.45, 7) is 9.49. The van der Waals surface area contributed by atoms with E-state index in [9.17, 15) is 14.7 Å². The van der Waals surface area contributed by atoms with Gasteiger partial charge in [0.2, 0.25) is 5.91 Å². The lowest BCUT2D eigenvalue weighted by molar-refractivity contribution is -0.134. The molecule has 1 aromatic heterocycles. The zero-order valence-corrected chi connectivity index (χ0v) is 22.3. The second kappa shape index (κ2) is 10.5. The van der Waals surface area contributed by atoms with E-state index in [-0.39, 0.29) is 35.9 Å². The van der Waals surface area contributed by atoms with Gasteiger partial charge in [-0.1, -0.05) is 31.6 Å². The standard InChI is InChI=1S/C27H38N2O5S/c1-17-6-8-18(9-7-17)25(31)29(15-23(30)28-14-20-12-19(28)16-34-20)22-13-21(10-11-27(2,3)4)35-24(22)26(32)33-5/h13,17-20,25,31H,6-9,12,14-16H2,1-5H3. The maximum Gasteiger partial charge on any atom is 0.350 e. The summed E-state index contributed by atoms with van der Waals surface area (Å²) in [5, 5.41) is 11.6. The highest BCUT2D eigenvalue weighted by atomic mass is 32.1. The van der Waals surface area contributed by atoms with Crippen LogP contribution in [0.3, 0.4) is 0 Å². The number of carbonyl (C=O) groups excluding carboxylic acids is 2. The fraction of sp³-hybridized carbons (Fsp3) is 0.704. The lowest BCUT2D eigenvalue weighted by atomic mass is 9.81. The molecular formula is C27H38N2O5S. The molecule has 1 aliphatic carbocycles. The summed E-state index contributed by atoms with van der Waals surface area (Å²) in [5.74, 6) is 6.53. The van der Waals surface area contributed by atoms with Gasteiger partial charge < -0.3 is 24.4 Å². The van der Waals surface area contributed by atoms with Crippen molar-refractivity contribution in [3.8, 4) is 11.8 Å². The number of rotatable bonds is 6. The van der Waals surface area contributed by atoms with E-state index in [0.29, 0.717) is 34.5 Å². The number of hydrogen-bond acceptors (Lipinski definition) is 7. The molecule has 3 fully saturated rings. The monoisotopic (exact) mass is 502 g/mol. The molecule has 0 aromatic carbocycles. The van der Waals surface area contributed by atoms with E-state index in [2.05, 4.69) is 18.8 Å². The molecular weight excluding hydrogens is 464 g/mol. The van der Waals surface area contributed by atoms with E-state index < -0.39 is 12.2 Å². The molecule has 1 amide bonds. The average molecular weight is 503 g/mol. The second-order valence-corrected chi connectivity index (χ2v) is 12.3. The molecule has 1 saturated carbocycles. The minimum absolute atomic E-state index is 0.00328. The number of anilines is 1. The van der Waals surface area contributed by atoms with Crippen molar-refractivity contribution in [3.05, 3.63) is 15.8 Å². The number of amides is 1. The van der Waals surface area contributed by atoms with E-state index in [4.69, 9.17) is 9.47 Å². The van der Waals surface area contributed by atoms with Gasteiger partial charge in [-0.15, -0.1) is 11.3 Å². The summed E-state index contributed by atoms with van der Waals surface area (Å²) < 4.78 is 10.7. The number of thiophene rings is 1. The van der Waals surface area contributed by atoms with Crippen LogP contribution >= 0.6 is 11.3 Å². The van der Waals surface area contributed by atoms with Gasteiger partial charge >= 0.3 is 5.97 Å². The summed E-state index contributed by atoms with van der Waals surface area (Å²) in [6, 6.07) is 1.93. The van der Waals surface area contributed by atoms with Crippen LogP contribution in [0.25, 0.3) is 0 Å². The van der Waals surface area contributed by atoms with E-state index in [1.54, 1.807) is 4.90 Å². The number of morpholine rings is 1. The van der Waals surface area contributed by atoms with Crippen LogP contribution in [-0.4, -0.2) is 67.1 Å². The first kappa shape index (κ1) is 26.0. The topological polar surface area (TPSA) is 79.3 Å². The van der Waals surface area contributed by atoms with Gasteiger partial charge in [0.15, 0.2) is 0 Å². The molecule has 8 heteroatoms. The van der Waals surface area contributed by atoms with Crippen molar-refractivity contribution >= 4 is 28.9 Å².